The molecule has 27 heavy (non-hydrogen) atoms. The lowest BCUT2D eigenvalue weighted by atomic mass is 10.1. The number of methoxy groups -OCH3 is 1. The van der Waals surface area contributed by atoms with E-state index in [2.05, 4.69) is 32.7 Å². The van der Waals surface area contributed by atoms with E-state index in [-0.39, 0.29) is 5.91 Å². The molecular weight excluding hydrogens is 364 g/mol. The van der Waals surface area contributed by atoms with Crippen LogP contribution in [-0.2, 0) is 6.42 Å². The fraction of sp³-hybridized carbons (Fsp3) is 0.150. The summed E-state index contributed by atoms with van der Waals surface area (Å²) in [5, 5.41) is 6.40. The van der Waals surface area contributed by atoms with E-state index >= 15 is 0 Å². The van der Waals surface area contributed by atoms with Crippen LogP contribution < -0.4 is 15.4 Å². The van der Waals surface area contributed by atoms with Crippen molar-refractivity contribution in [3.63, 3.8) is 0 Å². The molecule has 0 atom stereocenters. The number of halogens is 1. The minimum atomic E-state index is -0.341. The zero-order valence-electron chi connectivity index (χ0n) is 14.8. The standard InChI is InChI=1S/C20H19ClN4O2/c1-27-18-8-7-16(21)11-17(18)25-19(26)15-12-23-20(24-13-15)22-10-9-14-5-3-2-4-6-14/h2-8,11-13H,9-10H2,1H3,(H,25,26)(H,22,23,24). The molecule has 0 saturated carbocycles. The van der Waals surface area contributed by atoms with Crippen LogP contribution in [0.5, 0.6) is 5.75 Å². The summed E-state index contributed by atoms with van der Waals surface area (Å²) in [5.74, 6) is 0.655. The molecule has 3 rings (SSSR count). The molecule has 0 radical (unpaired) electrons. The van der Waals surface area contributed by atoms with Crippen LogP contribution in [0.25, 0.3) is 0 Å². The molecule has 3 aromatic rings. The van der Waals surface area contributed by atoms with Crippen molar-refractivity contribution in [2.24, 2.45) is 0 Å². The van der Waals surface area contributed by atoms with Gasteiger partial charge in [0, 0.05) is 24.0 Å². The van der Waals surface area contributed by atoms with E-state index in [1.165, 1.54) is 25.1 Å². The van der Waals surface area contributed by atoms with E-state index in [0.717, 1.165) is 6.42 Å². The zero-order valence-corrected chi connectivity index (χ0v) is 15.5. The molecule has 0 unspecified atom stereocenters. The lowest BCUT2D eigenvalue weighted by Crippen LogP contribution is -2.14. The van der Waals surface area contributed by atoms with Gasteiger partial charge in [-0.3, -0.25) is 4.79 Å². The van der Waals surface area contributed by atoms with Crippen molar-refractivity contribution in [1.82, 2.24) is 9.97 Å². The minimum Gasteiger partial charge on any atom is -0.495 e. The number of rotatable bonds is 7. The van der Waals surface area contributed by atoms with E-state index < -0.39 is 0 Å². The molecule has 0 aliphatic heterocycles. The first-order valence-electron chi connectivity index (χ1n) is 8.40. The molecule has 6 nitrogen and oxygen atoms in total. The van der Waals surface area contributed by atoms with Crippen LogP contribution >= 0.6 is 11.6 Å². The van der Waals surface area contributed by atoms with Gasteiger partial charge in [-0.05, 0) is 30.2 Å². The number of hydrogen-bond donors (Lipinski definition) is 2. The Morgan fingerprint density at radius 1 is 1.11 bits per heavy atom. The van der Waals surface area contributed by atoms with E-state index in [4.69, 9.17) is 16.3 Å². The SMILES string of the molecule is COc1ccc(Cl)cc1NC(=O)c1cnc(NCCc2ccccc2)nc1. The highest BCUT2D eigenvalue weighted by Gasteiger charge is 2.11. The largest absolute Gasteiger partial charge is 0.495 e. The smallest absolute Gasteiger partial charge is 0.258 e. The van der Waals surface area contributed by atoms with Crippen LogP contribution in [0.15, 0.2) is 60.9 Å². The van der Waals surface area contributed by atoms with Crippen molar-refractivity contribution in [2.45, 2.75) is 6.42 Å². The van der Waals surface area contributed by atoms with Crippen LogP contribution in [-0.4, -0.2) is 29.5 Å². The number of hydrogen-bond acceptors (Lipinski definition) is 5. The summed E-state index contributed by atoms with van der Waals surface area (Å²) in [5.41, 5.74) is 2.06. The highest BCUT2D eigenvalue weighted by Crippen LogP contribution is 2.28. The Balaban J connectivity index is 1.58. The molecule has 0 bridgehead atoms. The van der Waals surface area contributed by atoms with Crippen molar-refractivity contribution < 1.29 is 9.53 Å². The third-order valence-electron chi connectivity index (χ3n) is 3.86. The Morgan fingerprint density at radius 3 is 2.56 bits per heavy atom. The molecule has 0 spiro atoms. The Morgan fingerprint density at radius 2 is 1.85 bits per heavy atom. The quantitative estimate of drug-likeness (QED) is 0.644. The highest BCUT2D eigenvalue weighted by atomic mass is 35.5. The molecular formula is C20H19ClN4O2. The van der Waals surface area contributed by atoms with Crippen molar-refractivity contribution in [3.8, 4) is 5.75 Å². The predicted molar refractivity (Wildman–Crippen MR) is 107 cm³/mol. The predicted octanol–water partition coefficient (Wildman–Crippen LogP) is 4.05. The minimum absolute atomic E-state index is 0.339. The number of nitrogens with one attached hydrogen (secondary N) is 2. The van der Waals surface area contributed by atoms with Crippen LogP contribution in [0.3, 0.4) is 0 Å². The summed E-state index contributed by atoms with van der Waals surface area (Å²) in [6, 6.07) is 15.1. The third kappa shape index (κ3) is 5.18. The van der Waals surface area contributed by atoms with E-state index in [1.54, 1.807) is 18.2 Å². The molecule has 1 aromatic heterocycles. The van der Waals surface area contributed by atoms with Gasteiger partial charge in [-0.1, -0.05) is 41.9 Å². The first-order valence-corrected chi connectivity index (χ1v) is 8.78. The number of carbonyl (C=O) groups is 1. The molecule has 2 N–H and O–H groups in total. The van der Waals surface area contributed by atoms with Crippen LogP contribution in [0.2, 0.25) is 5.02 Å². The summed E-state index contributed by atoms with van der Waals surface area (Å²) < 4.78 is 5.22. The van der Waals surface area contributed by atoms with Gasteiger partial charge in [0.15, 0.2) is 0 Å². The molecule has 1 amide bonds. The van der Waals surface area contributed by atoms with Crippen molar-refractivity contribution in [3.05, 3.63) is 77.1 Å². The number of benzene rings is 2. The average molecular weight is 383 g/mol. The first-order chi connectivity index (χ1) is 13.2. The summed E-state index contributed by atoms with van der Waals surface area (Å²) in [6.45, 7) is 0.704. The van der Waals surface area contributed by atoms with Gasteiger partial charge in [-0.2, -0.15) is 0 Å². The third-order valence-corrected chi connectivity index (χ3v) is 4.10. The van der Waals surface area contributed by atoms with Crippen molar-refractivity contribution >= 4 is 29.1 Å². The van der Waals surface area contributed by atoms with Gasteiger partial charge in [-0.25, -0.2) is 9.97 Å². The van der Waals surface area contributed by atoms with E-state index in [9.17, 15) is 4.79 Å². The number of carbonyl (C=O) groups excluding carboxylic acids is 1. The van der Waals surface area contributed by atoms with Crippen LogP contribution in [0.1, 0.15) is 15.9 Å². The van der Waals surface area contributed by atoms with Gasteiger partial charge >= 0.3 is 0 Å². The Bertz CT molecular complexity index is 902. The Labute approximate surface area is 162 Å². The Kier molecular flexibility index (Phi) is 6.22. The van der Waals surface area contributed by atoms with Gasteiger partial charge < -0.3 is 15.4 Å². The maximum absolute atomic E-state index is 12.4. The van der Waals surface area contributed by atoms with Gasteiger partial charge in [0.05, 0.1) is 18.4 Å². The lowest BCUT2D eigenvalue weighted by molar-refractivity contribution is 0.102. The number of amides is 1. The number of ether oxygens (including phenoxy) is 1. The lowest BCUT2D eigenvalue weighted by Gasteiger charge is -2.10. The molecule has 0 aliphatic carbocycles. The molecule has 1 heterocycles. The maximum Gasteiger partial charge on any atom is 0.258 e. The van der Waals surface area contributed by atoms with Gasteiger partial charge in [-0.15, -0.1) is 0 Å². The van der Waals surface area contributed by atoms with Crippen LogP contribution in [0.4, 0.5) is 11.6 Å². The second-order valence-corrected chi connectivity index (χ2v) is 6.19. The number of anilines is 2. The number of nitrogens with zero attached hydrogens (tertiary/aromatic N) is 2. The molecule has 7 heteroatoms. The van der Waals surface area contributed by atoms with Crippen LogP contribution in [0, 0.1) is 0 Å². The molecule has 0 fully saturated rings. The average Bonchev–Trinajstić information content (AvgIpc) is 2.69. The van der Waals surface area contributed by atoms with Gasteiger partial charge in [0.25, 0.3) is 5.91 Å². The highest BCUT2D eigenvalue weighted by molar-refractivity contribution is 6.31. The van der Waals surface area contributed by atoms with Crippen molar-refractivity contribution in [1.29, 1.82) is 0 Å². The first kappa shape index (κ1) is 18.7. The van der Waals surface area contributed by atoms with Gasteiger partial charge in [0.2, 0.25) is 5.95 Å². The normalized spacial score (nSPS) is 10.3. The summed E-state index contributed by atoms with van der Waals surface area (Å²) >= 11 is 5.98. The second-order valence-electron chi connectivity index (χ2n) is 5.76. The Hall–Kier alpha value is -3.12. The molecule has 0 aliphatic rings. The molecule has 2 aromatic carbocycles. The maximum atomic E-state index is 12.4. The second kappa shape index (κ2) is 9.00. The topological polar surface area (TPSA) is 76.1 Å². The van der Waals surface area contributed by atoms with Crippen molar-refractivity contribution in [2.75, 3.05) is 24.3 Å². The fourth-order valence-electron chi connectivity index (χ4n) is 2.47. The van der Waals surface area contributed by atoms with Gasteiger partial charge in [0.1, 0.15) is 5.75 Å². The summed E-state index contributed by atoms with van der Waals surface area (Å²) in [7, 11) is 1.53. The fourth-order valence-corrected chi connectivity index (χ4v) is 2.64. The molecule has 138 valence electrons. The monoisotopic (exact) mass is 382 g/mol. The van der Waals surface area contributed by atoms with E-state index in [1.807, 2.05) is 18.2 Å². The zero-order chi connectivity index (χ0) is 19.1. The number of aromatic nitrogens is 2. The van der Waals surface area contributed by atoms with E-state index in [0.29, 0.717) is 34.5 Å². The molecule has 0 saturated heterocycles. The summed E-state index contributed by atoms with van der Waals surface area (Å²) in [4.78, 5) is 20.8. The summed E-state index contributed by atoms with van der Waals surface area (Å²) in [6.07, 6.45) is 3.81.